The number of rotatable bonds is 3. The van der Waals surface area contributed by atoms with Gasteiger partial charge >= 0.3 is 12.4 Å². The average molecular weight is 411 g/mol. The molecule has 0 aliphatic carbocycles. The molecular formula is C20H15F6N3. The van der Waals surface area contributed by atoms with E-state index >= 15 is 0 Å². The Morgan fingerprint density at radius 2 is 1.00 bits per heavy atom. The lowest BCUT2D eigenvalue weighted by atomic mass is 10.1. The van der Waals surface area contributed by atoms with E-state index in [1.54, 1.807) is 30.3 Å². The molecule has 3 rings (SSSR count). The Hall–Kier alpha value is -3.36. The van der Waals surface area contributed by atoms with Gasteiger partial charge in [0.05, 0.1) is 33.9 Å². The summed E-state index contributed by atoms with van der Waals surface area (Å²) in [4.78, 5) is 1.41. The molecule has 9 heteroatoms. The van der Waals surface area contributed by atoms with Gasteiger partial charge in [-0.1, -0.05) is 18.2 Å². The van der Waals surface area contributed by atoms with Crippen LogP contribution in [-0.4, -0.2) is 0 Å². The number of alkyl halides is 6. The van der Waals surface area contributed by atoms with Crippen molar-refractivity contribution in [1.82, 2.24) is 0 Å². The zero-order valence-corrected chi connectivity index (χ0v) is 14.7. The summed E-state index contributed by atoms with van der Waals surface area (Å²) in [5.74, 6) is 0. The second-order valence-electron chi connectivity index (χ2n) is 6.21. The van der Waals surface area contributed by atoms with Crippen molar-refractivity contribution in [2.45, 2.75) is 12.4 Å². The summed E-state index contributed by atoms with van der Waals surface area (Å²) >= 11 is 0. The molecule has 3 aromatic rings. The SMILES string of the molecule is Nc1cc(C(F)(F)F)ccc1N(c1ccccc1)c1ccc(C(F)(F)F)cc1N. The van der Waals surface area contributed by atoms with E-state index in [1.165, 1.54) is 4.90 Å². The van der Waals surface area contributed by atoms with Crippen molar-refractivity contribution < 1.29 is 26.3 Å². The number of nitrogens with zero attached hydrogens (tertiary/aromatic N) is 1. The van der Waals surface area contributed by atoms with E-state index in [0.717, 1.165) is 36.4 Å². The van der Waals surface area contributed by atoms with E-state index in [4.69, 9.17) is 11.5 Å². The van der Waals surface area contributed by atoms with Gasteiger partial charge in [0.25, 0.3) is 0 Å². The van der Waals surface area contributed by atoms with Gasteiger partial charge in [-0.15, -0.1) is 0 Å². The van der Waals surface area contributed by atoms with Crippen LogP contribution >= 0.6 is 0 Å². The topological polar surface area (TPSA) is 55.3 Å². The second kappa shape index (κ2) is 7.23. The number of hydrogen-bond donors (Lipinski definition) is 2. The summed E-state index contributed by atoms with van der Waals surface area (Å²) in [5, 5.41) is 0. The zero-order chi connectivity index (χ0) is 21.4. The van der Waals surface area contributed by atoms with E-state index in [2.05, 4.69) is 0 Å². The van der Waals surface area contributed by atoms with Crippen molar-refractivity contribution >= 4 is 28.4 Å². The van der Waals surface area contributed by atoms with Gasteiger partial charge in [0, 0.05) is 5.69 Å². The lowest BCUT2D eigenvalue weighted by molar-refractivity contribution is -0.138. The van der Waals surface area contributed by atoms with Crippen LogP contribution in [0, 0.1) is 0 Å². The fraction of sp³-hybridized carbons (Fsp3) is 0.100. The van der Waals surface area contributed by atoms with Crippen LogP contribution in [0.4, 0.5) is 54.8 Å². The van der Waals surface area contributed by atoms with Crippen LogP contribution in [-0.2, 0) is 12.4 Å². The fourth-order valence-electron chi connectivity index (χ4n) is 2.85. The molecule has 3 nitrogen and oxygen atoms in total. The highest BCUT2D eigenvalue weighted by atomic mass is 19.4. The van der Waals surface area contributed by atoms with E-state index < -0.39 is 23.5 Å². The van der Waals surface area contributed by atoms with Crippen LogP contribution in [0.3, 0.4) is 0 Å². The Bertz CT molecular complexity index is 949. The van der Waals surface area contributed by atoms with Crippen LogP contribution in [0.2, 0.25) is 0 Å². The average Bonchev–Trinajstić information content (AvgIpc) is 2.63. The molecule has 0 aromatic heterocycles. The minimum absolute atomic E-state index is 0.149. The van der Waals surface area contributed by atoms with Crippen molar-refractivity contribution in [3.05, 3.63) is 77.9 Å². The van der Waals surface area contributed by atoms with Gasteiger partial charge in [0.2, 0.25) is 0 Å². The molecule has 0 saturated carbocycles. The number of benzene rings is 3. The molecule has 29 heavy (non-hydrogen) atoms. The van der Waals surface area contributed by atoms with Crippen LogP contribution in [0.15, 0.2) is 66.7 Å². The van der Waals surface area contributed by atoms with Crippen molar-refractivity contribution in [1.29, 1.82) is 0 Å². The highest BCUT2D eigenvalue weighted by molar-refractivity contribution is 5.88. The highest BCUT2D eigenvalue weighted by Crippen LogP contribution is 2.43. The van der Waals surface area contributed by atoms with Crippen LogP contribution < -0.4 is 16.4 Å². The summed E-state index contributed by atoms with van der Waals surface area (Å²) < 4.78 is 77.8. The number of nitrogen functional groups attached to an aromatic ring is 2. The predicted molar refractivity (Wildman–Crippen MR) is 100.0 cm³/mol. The quantitative estimate of drug-likeness (QED) is 0.390. The second-order valence-corrected chi connectivity index (χ2v) is 6.21. The first-order valence-corrected chi connectivity index (χ1v) is 8.27. The predicted octanol–water partition coefficient (Wildman–Crippen LogP) is 6.36. The van der Waals surface area contributed by atoms with Gasteiger partial charge in [0.1, 0.15) is 0 Å². The van der Waals surface area contributed by atoms with Crippen LogP contribution in [0.5, 0.6) is 0 Å². The summed E-state index contributed by atoms with van der Waals surface area (Å²) in [6.07, 6.45) is -9.17. The largest absolute Gasteiger partial charge is 0.416 e. The molecule has 3 aromatic carbocycles. The first-order chi connectivity index (χ1) is 13.5. The fourth-order valence-corrected chi connectivity index (χ4v) is 2.85. The standard InChI is InChI=1S/C20H15F6N3/c21-19(22,23)12-6-8-17(15(27)10-12)29(14-4-2-1-3-5-14)18-9-7-13(11-16(18)28)20(24,25)26/h1-11H,27-28H2. The Kier molecular flexibility index (Phi) is 5.08. The Labute approximate surface area is 162 Å². The molecule has 0 unspecified atom stereocenters. The summed E-state index contributed by atoms with van der Waals surface area (Å²) in [5.41, 5.74) is 10.2. The lowest BCUT2D eigenvalue weighted by Crippen LogP contribution is -2.16. The van der Waals surface area contributed by atoms with E-state index in [-0.39, 0.29) is 22.7 Å². The molecule has 0 heterocycles. The van der Waals surface area contributed by atoms with Gasteiger partial charge in [-0.3, -0.25) is 0 Å². The molecular weight excluding hydrogens is 396 g/mol. The molecule has 0 fully saturated rings. The number of halogens is 6. The number of nitrogens with two attached hydrogens (primary N) is 2. The maximum atomic E-state index is 13.0. The van der Waals surface area contributed by atoms with Gasteiger partial charge in [-0.2, -0.15) is 26.3 Å². The van der Waals surface area contributed by atoms with Gasteiger partial charge in [0.15, 0.2) is 0 Å². The van der Waals surface area contributed by atoms with Crippen molar-refractivity contribution in [2.75, 3.05) is 16.4 Å². The monoisotopic (exact) mass is 411 g/mol. The molecule has 4 N–H and O–H groups in total. The Morgan fingerprint density at radius 3 is 1.34 bits per heavy atom. The Morgan fingerprint density at radius 1 is 0.586 bits per heavy atom. The smallest absolute Gasteiger partial charge is 0.397 e. The van der Waals surface area contributed by atoms with Crippen molar-refractivity contribution in [3.8, 4) is 0 Å². The number of para-hydroxylation sites is 1. The zero-order valence-electron chi connectivity index (χ0n) is 14.7. The molecule has 0 atom stereocenters. The van der Waals surface area contributed by atoms with E-state index in [0.29, 0.717) is 5.69 Å². The van der Waals surface area contributed by atoms with Gasteiger partial charge < -0.3 is 16.4 Å². The van der Waals surface area contributed by atoms with Crippen LogP contribution in [0.25, 0.3) is 0 Å². The molecule has 152 valence electrons. The molecule has 0 bridgehead atoms. The molecule has 0 aliphatic heterocycles. The Balaban J connectivity index is 2.18. The van der Waals surface area contributed by atoms with Gasteiger partial charge in [-0.05, 0) is 48.5 Å². The van der Waals surface area contributed by atoms with Crippen molar-refractivity contribution in [3.63, 3.8) is 0 Å². The third-order valence-corrected chi connectivity index (χ3v) is 4.21. The van der Waals surface area contributed by atoms with Gasteiger partial charge in [-0.25, -0.2) is 0 Å². The molecule has 0 spiro atoms. The number of anilines is 5. The van der Waals surface area contributed by atoms with Crippen LogP contribution in [0.1, 0.15) is 11.1 Å². The first-order valence-electron chi connectivity index (χ1n) is 8.27. The van der Waals surface area contributed by atoms with Crippen molar-refractivity contribution in [2.24, 2.45) is 0 Å². The summed E-state index contributed by atoms with van der Waals surface area (Å²) in [7, 11) is 0. The number of hydrogen-bond acceptors (Lipinski definition) is 3. The third-order valence-electron chi connectivity index (χ3n) is 4.21. The lowest BCUT2D eigenvalue weighted by Gasteiger charge is -2.28. The molecule has 0 aliphatic rings. The third kappa shape index (κ3) is 4.23. The normalized spacial score (nSPS) is 12.1. The first kappa shape index (κ1) is 20.4. The minimum Gasteiger partial charge on any atom is -0.397 e. The summed E-state index contributed by atoms with van der Waals surface area (Å²) in [6, 6.07) is 13.9. The van der Waals surface area contributed by atoms with E-state index in [1.807, 2.05) is 0 Å². The highest BCUT2D eigenvalue weighted by Gasteiger charge is 2.33. The molecule has 0 amide bonds. The molecule has 0 saturated heterocycles. The maximum absolute atomic E-state index is 13.0. The maximum Gasteiger partial charge on any atom is 0.416 e. The van der Waals surface area contributed by atoms with E-state index in [9.17, 15) is 26.3 Å². The summed E-state index contributed by atoms with van der Waals surface area (Å²) in [6.45, 7) is 0. The minimum atomic E-state index is -4.59. The molecule has 0 radical (unpaired) electrons.